The number of phenolic OH excluding ortho intramolecular Hbond substituents is 4. The van der Waals surface area contributed by atoms with E-state index >= 15 is 0 Å². The van der Waals surface area contributed by atoms with Gasteiger partial charge in [0.1, 0.15) is 46.9 Å². The fourth-order valence-corrected chi connectivity index (χ4v) is 3.57. The van der Waals surface area contributed by atoms with E-state index in [1.165, 1.54) is 0 Å². The van der Waals surface area contributed by atoms with Crippen LogP contribution in [0.3, 0.4) is 0 Å². The molecule has 0 bridgehead atoms. The van der Waals surface area contributed by atoms with E-state index in [1.54, 1.807) is 0 Å². The summed E-state index contributed by atoms with van der Waals surface area (Å²) in [4.78, 5) is 12.6. The summed E-state index contributed by atoms with van der Waals surface area (Å²) in [7, 11) is 0. The first kappa shape index (κ1) is 23.4. The molecule has 1 aromatic heterocycles. The van der Waals surface area contributed by atoms with Gasteiger partial charge in [-0.2, -0.15) is 0 Å². The molecule has 34 heavy (non-hydrogen) atoms. The molecule has 0 amide bonds. The molecule has 3 aromatic rings. The molecule has 2 aromatic carbocycles. The van der Waals surface area contributed by atoms with Gasteiger partial charge < -0.3 is 59.8 Å². The van der Waals surface area contributed by atoms with E-state index in [1.807, 2.05) is 0 Å². The van der Waals surface area contributed by atoms with Gasteiger partial charge in [-0.3, -0.25) is 4.79 Å². The number of ether oxygens (including phenoxy) is 2. The Morgan fingerprint density at radius 1 is 0.853 bits per heavy atom. The zero-order valence-corrected chi connectivity index (χ0v) is 17.1. The van der Waals surface area contributed by atoms with Gasteiger partial charge in [-0.25, -0.2) is 0 Å². The van der Waals surface area contributed by atoms with Crippen LogP contribution in [0.1, 0.15) is 0 Å². The number of aromatic hydroxyl groups is 5. The van der Waals surface area contributed by atoms with Crippen LogP contribution in [0.15, 0.2) is 33.5 Å². The molecule has 1 aliphatic rings. The van der Waals surface area contributed by atoms with Crippen molar-refractivity contribution in [3.63, 3.8) is 0 Å². The lowest BCUT2D eigenvalue weighted by molar-refractivity contribution is -0.277. The number of hydrogen-bond acceptors (Lipinski definition) is 13. The average molecular weight is 480 g/mol. The molecular weight excluding hydrogens is 460 g/mol. The quantitative estimate of drug-likeness (QED) is 0.208. The topological polar surface area (TPSA) is 231 Å². The molecule has 4 rings (SSSR count). The van der Waals surface area contributed by atoms with E-state index < -0.39 is 88.4 Å². The van der Waals surface area contributed by atoms with Gasteiger partial charge in [-0.1, -0.05) is 0 Å². The lowest BCUT2D eigenvalue weighted by Gasteiger charge is -2.39. The van der Waals surface area contributed by atoms with E-state index in [4.69, 9.17) is 13.9 Å². The Morgan fingerprint density at radius 2 is 1.56 bits per heavy atom. The Kier molecular flexibility index (Phi) is 5.89. The summed E-state index contributed by atoms with van der Waals surface area (Å²) >= 11 is 0. The van der Waals surface area contributed by atoms with Gasteiger partial charge in [0.15, 0.2) is 17.3 Å². The van der Waals surface area contributed by atoms with Gasteiger partial charge in [0.25, 0.3) is 0 Å². The Hall–Kier alpha value is -3.75. The van der Waals surface area contributed by atoms with Gasteiger partial charge in [0, 0.05) is 17.7 Å². The molecule has 0 aliphatic carbocycles. The molecule has 182 valence electrons. The summed E-state index contributed by atoms with van der Waals surface area (Å²) in [5, 5.41) is 89.1. The predicted octanol–water partition coefficient (Wildman–Crippen LogP) is -0.833. The highest BCUT2D eigenvalue weighted by Crippen LogP contribution is 2.43. The van der Waals surface area contributed by atoms with Crippen LogP contribution in [0.4, 0.5) is 0 Å². The van der Waals surface area contributed by atoms with Crippen LogP contribution >= 0.6 is 0 Å². The molecule has 1 saturated heterocycles. The third-order valence-electron chi connectivity index (χ3n) is 5.34. The van der Waals surface area contributed by atoms with Gasteiger partial charge in [0.2, 0.25) is 23.2 Å². The zero-order valence-electron chi connectivity index (χ0n) is 17.1. The van der Waals surface area contributed by atoms with Crippen LogP contribution in [0.2, 0.25) is 0 Å². The Labute approximate surface area is 189 Å². The van der Waals surface area contributed by atoms with Crippen molar-refractivity contribution in [1.29, 1.82) is 0 Å². The monoisotopic (exact) mass is 480 g/mol. The first-order valence-corrected chi connectivity index (χ1v) is 9.78. The van der Waals surface area contributed by atoms with Crippen LogP contribution in [0, 0.1) is 0 Å². The van der Waals surface area contributed by atoms with Crippen molar-refractivity contribution < 1.29 is 59.8 Å². The summed E-state index contributed by atoms with van der Waals surface area (Å²) in [6, 6.07) is 3.77. The number of aliphatic hydroxyl groups excluding tert-OH is 4. The fraction of sp³-hybridized carbons (Fsp3) is 0.286. The van der Waals surface area contributed by atoms with E-state index in [0.717, 1.165) is 24.3 Å². The standard InChI is InChI=1S/C21H20O13/c22-5-12-15(27)17(29)19(31)21(34-12)33-11-2-6(1-9(25)14(11)26)20-18(30)16(28)13-8(24)3-7(23)4-10(13)32-20/h1-4,12,15,17,19,21-27,29-31H,5H2/t12-,15-,17+,19-,21-/m1/s1. The summed E-state index contributed by atoms with van der Waals surface area (Å²) in [5.74, 6) is -4.80. The molecule has 0 saturated carbocycles. The largest absolute Gasteiger partial charge is 0.508 e. The molecule has 9 N–H and O–H groups in total. The Bertz CT molecular complexity index is 1300. The van der Waals surface area contributed by atoms with Crippen LogP contribution in [-0.2, 0) is 4.74 Å². The summed E-state index contributed by atoms with van der Waals surface area (Å²) in [5.41, 5.74) is -1.58. The molecule has 0 spiro atoms. The maximum absolute atomic E-state index is 12.6. The maximum Gasteiger partial charge on any atom is 0.238 e. The Morgan fingerprint density at radius 3 is 2.24 bits per heavy atom. The second-order valence-corrected chi connectivity index (χ2v) is 7.60. The molecule has 13 nitrogen and oxygen atoms in total. The second-order valence-electron chi connectivity index (χ2n) is 7.60. The number of aliphatic hydroxyl groups is 4. The van der Waals surface area contributed by atoms with Crippen molar-refractivity contribution in [3.8, 4) is 45.8 Å². The predicted molar refractivity (Wildman–Crippen MR) is 111 cm³/mol. The molecule has 1 aliphatic heterocycles. The highest BCUT2D eigenvalue weighted by atomic mass is 16.7. The number of benzene rings is 2. The minimum absolute atomic E-state index is 0.214. The smallest absolute Gasteiger partial charge is 0.238 e. The summed E-state index contributed by atoms with van der Waals surface area (Å²) < 4.78 is 16.0. The molecule has 0 radical (unpaired) electrons. The molecule has 0 unspecified atom stereocenters. The SMILES string of the molecule is O=c1c(O)c(-c2cc(O)c(O)c(O[C@@H]3O[C@H](CO)[C@@H](O)[C@H](O)[C@H]3O)c2)oc2cc(O)cc(O)c12. The van der Waals surface area contributed by atoms with Crippen LogP contribution < -0.4 is 10.2 Å². The molecule has 13 heteroatoms. The number of hydrogen-bond donors (Lipinski definition) is 9. The second kappa shape index (κ2) is 8.55. The molecular formula is C21H20O13. The van der Waals surface area contributed by atoms with Gasteiger partial charge in [-0.15, -0.1) is 0 Å². The van der Waals surface area contributed by atoms with Crippen LogP contribution in [0.5, 0.6) is 34.5 Å². The van der Waals surface area contributed by atoms with Crippen molar-refractivity contribution in [1.82, 2.24) is 0 Å². The van der Waals surface area contributed by atoms with Crippen molar-refractivity contribution in [2.24, 2.45) is 0 Å². The first-order chi connectivity index (χ1) is 16.0. The molecule has 2 heterocycles. The average Bonchev–Trinajstić information content (AvgIpc) is 2.78. The lowest BCUT2D eigenvalue weighted by Crippen LogP contribution is -2.60. The zero-order chi connectivity index (χ0) is 24.9. The maximum atomic E-state index is 12.6. The van der Waals surface area contributed by atoms with Gasteiger partial charge in [-0.05, 0) is 12.1 Å². The van der Waals surface area contributed by atoms with E-state index in [9.17, 15) is 50.8 Å². The number of fused-ring (bicyclic) bond motifs is 1. The fourth-order valence-electron chi connectivity index (χ4n) is 3.57. The third kappa shape index (κ3) is 3.81. The third-order valence-corrected chi connectivity index (χ3v) is 5.34. The van der Waals surface area contributed by atoms with Gasteiger partial charge in [0.05, 0.1) is 6.61 Å². The summed E-state index contributed by atoms with van der Waals surface area (Å²) in [6.07, 6.45) is -8.31. The van der Waals surface area contributed by atoms with Crippen molar-refractivity contribution in [2.75, 3.05) is 6.61 Å². The van der Waals surface area contributed by atoms with Crippen molar-refractivity contribution in [2.45, 2.75) is 30.7 Å². The highest BCUT2D eigenvalue weighted by molar-refractivity contribution is 5.88. The van der Waals surface area contributed by atoms with Crippen molar-refractivity contribution in [3.05, 3.63) is 34.5 Å². The highest BCUT2D eigenvalue weighted by Gasteiger charge is 2.45. The van der Waals surface area contributed by atoms with Crippen molar-refractivity contribution >= 4 is 11.0 Å². The minimum Gasteiger partial charge on any atom is -0.508 e. The number of phenols is 4. The van der Waals surface area contributed by atoms with Crippen LogP contribution in [0.25, 0.3) is 22.3 Å². The first-order valence-electron chi connectivity index (χ1n) is 9.78. The normalized spacial score (nSPS) is 24.9. The Balaban J connectivity index is 1.79. The minimum atomic E-state index is -1.83. The summed E-state index contributed by atoms with van der Waals surface area (Å²) in [6.45, 7) is -0.738. The van der Waals surface area contributed by atoms with Crippen LogP contribution in [-0.4, -0.2) is 83.3 Å². The lowest BCUT2D eigenvalue weighted by atomic mass is 9.99. The van der Waals surface area contributed by atoms with E-state index in [0.29, 0.717) is 0 Å². The van der Waals surface area contributed by atoms with E-state index in [2.05, 4.69) is 0 Å². The molecule has 5 atom stereocenters. The number of rotatable bonds is 4. The van der Waals surface area contributed by atoms with E-state index in [-0.39, 0.29) is 11.1 Å². The molecule has 1 fully saturated rings. The van der Waals surface area contributed by atoms with Gasteiger partial charge >= 0.3 is 0 Å².